The molecule has 0 unspecified atom stereocenters. The van der Waals surface area contributed by atoms with Crippen LogP contribution in [0, 0.1) is 0 Å². The third-order valence-corrected chi connectivity index (χ3v) is 6.80. The van der Waals surface area contributed by atoms with Gasteiger partial charge in [-0.25, -0.2) is 13.2 Å². The fraction of sp³-hybridized carbons (Fsp3) is 0.545. The zero-order valence-corrected chi connectivity index (χ0v) is 20.3. The van der Waals surface area contributed by atoms with Gasteiger partial charge in [-0.15, -0.1) is 5.10 Å². The number of amides is 1. The second-order valence-corrected chi connectivity index (χ2v) is 10.7. The van der Waals surface area contributed by atoms with Gasteiger partial charge in [0.1, 0.15) is 0 Å². The minimum absolute atomic E-state index is 0.0621. The fourth-order valence-electron chi connectivity index (χ4n) is 4.46. The van der Waals surface area contributed by atoms with Crippen molar-refractivity contribution in [2.45, 2.75) is 32.0 Å². The number of nitrogens with one attached hydrogen (secondary N) is 1. The van der Waals surface area contributed by atoms with Gasteiger partial charge in [-0.05, 0) is 37.0 Å². The molecule has 2 aromatic rings. The Bertz CT molecular complexity index is 1150. The lowest BCUT2D eigenvalue weighted by Crippen LogP contribution is -2.49. The molecule has 1 amide bonds. The molecule has 0 bridgehead atoms. The second-order valence-electron chi connectivity index (χ2n) is 8.95. The first-order valence-electron chi connectivity index (χ1n) is 11.5. The molecule has 3 heterocycles. The van der Waals surface area contributed by atoms with E-state index in [4.69, 9.17) is 0 Å². The quantitative estimate of drug-likeness (QED) is 0.660. The summed E-state index contributed by atoms with van der Waals surface area (Å²) < 4.78 is 66.1. The number of rotatable bonds is 5. The normalized spacial score (nSPS) is 18.1. The van der Waals surface area contributed by atoms with Gasteiger partial charge in [0, 0.05) is 63.8 Å². The third kappa shape index (κ3) is 6.45. The van der Waals surface area contributed by atoms with Crippen molar-refractivity contribution in [1.29, 1.82) is 0 Å². The number of anilines is 2. The number of aromatic nitrogens is 2. The molecule has 0 aliphatic carbocycles. The van der Waals surface area contributed by atoms with Crippen molar-refractivity contribution >= 4 is 27.6 Å². The van der Waals surface area contributed by atoms with Crippen LogP contribution in [0.1, 0.15) is 30.4 Å². The summed E-state index contributed by atoms with van der Waals surface area (Å²) in [6.45, 7) is 3.95. The molecule has 0 spiro atoms. The van der Waals surface area contributed by atoms with Gasteiger partial charge in [-0.1, -0.05) is 6.07 Å². The summed E-state index contributed by atoms with van der Waals surface area (Å²) in [6.07, 6.45) is 1.02. The standard InChI is InChI=1S/C22H29F3N6O3S/c1-35(33,34)27-20-7-10-31(26-20)21(32)30-13-11-28(12-14-30)16-17-5-6-18(22(23,24)25)15-19(17)29-8-3-2-4-9-29/h5-7,10,15H,2-4,8-9,11-14,16H2,1H3,(H,26,27). The van der Waals surface area contributed by atoms with Gasteiger partial charge in [-0.3, -0.25) is 9.62 Å². The summed E-state index contributed by atoms with van der Waals surface area (Å²) in [5.74, 6) is 0.0621. The van der Waals surface area contributed by atoms with E-state index in [0.717, 1.165) is 54.9 Å². The predicted octanol–water partition coefficient (Wildman–Crippen LogP) is 3.05. The Labute approximate surface area is 202 Å². The van der Waals surface area contributed by atoms with Crippen LogP contribution in [0.15, 0.2) is 30.5 Å². The number of piperidine rings is 1. The lowest BCUT2D eigenvalue weighted by Gasteiger charge is -2.36. The first kappa shape index (κ1) is 25.3. The number of hydrogen-bond donors (Lipinski definition) is 1. The highest BCUT2D eigenvalue weighted by molar-refractivity contribution is 7.92. The number of halogens is 3. The van der Waals surface area contributed by atoms with Crippen LogP contribution in [0.5, 0.6) is 0 Å². The molecule has 13 heteroatoms. The van der Waals surface area contributed by atoms with Crippen LogP contribution in [0.4, 0.5) is 29.5 Å². The van der Waals surface area contributed by atoms with Gasteiger partial charge in [-0.2, -0.15) is 17.9 Å². The van der Waals surface area contributed by atoms with Crippen molar-refractivity contribution in [2.75, 3.05) is 55.1 Å². The highest BCUT2D eigenvalue weighted by Crippen LogP contribution is 2.35. The molecule has 35 heavy (non-hydrogen) atoms. The zero-order chi connectivity index (χ0) is 25.2. The molecule has 2 saturated heterocycles. The predicted molar refractivity (Wildman–Crippen MR) is 126 cm³/mol. The maximum Gasteiger partial charge on any atom is 0.416 e. The maximum atomic E-state index is 13.4. The van der Waals surface area contributed by atoms with Crippen LogP contribution in [-0.2, 0) is 22.7 Å². The molecule has 2 aliphatic heterocycles. The summed E-state index contributed by atoms with van der Waals surface area (Å²) in [7, 11) is -3.50. The van der Waals surface area contributed by atoms with Crippen molar-refractivity contribution in [3.63, 3.8) is 0 Å². The molecule has 1 N–H and O–H groups in total. The lowest BCUT2D eigenvalue weighted by molar-refractivity contribution is -0.137. The first-order valence-corrected chi connectivity index (χ1v) is 13.4. The Balaban J connectivity index is 1.41. The molecule has 0 radical (unpaired) electrons. The van der Waals surface area contributed by atoms with E-state index in [1.807, 2.05) is 4.90 Å². The van der Waals surface area contributed by atoms with E-state index in [2.05, 4.69) is 14.7 Å². The molecule has 0 atom stereocenters. The first-order chi connectivity index (χ1) is 16.5. The summed E-state index contributed by atoms with van der Waals surface area (Å²) in [5, 5.41) is 3.97. The monoisotopic (exact) mass is 514 g/mol. The number of carbonyl (C=O) groups is 1. The molecule has 4 rings (SSSR count). The van der Waals surface area contributed by atoms with Crippen molar-refractivity contribution in [3.8, 4) is 0 Å². The van der Waals surface area contributed by atoms with Crippen LogP contribution < -0.4 is 9.62 Å². The Kier molecular flexibility index (Phi) is 7.27. The van der Waals surface area contributed by atoms with Gasteiger partial charge in [0.2, 0.25) is 10.0 Å². The van der Waals surface area contributed by atoms with Gasteiger partial charge in [0.05, 0.1) is 11.8 Å². The highest BCUT2D eigenvalue weighted by Gasteiger charge is 2.32. The van der Waals surface area contributed by atoms with Crippen LogP contribution in [0.25, 0.3) is 0 Å². The van der Waals surface area contributed by atoms with E-state index in [1.165, 1.54) is 18.3 Å². The number of sulfonamides is 1. The summed E-state index contributed by atoms with van der Waals surface area (Å²) in [5.41, 5.74) is 0.852. The lowest BCUT2D eigenvalue weighted by atomic mass is 10.0. The van der Waals surface area contributed by atoms with Crippen molar-refractivity contribution in [3.05, 3.63) is 41.6 Å². The molecule has 2 aliphatic rings. The minimum Gasteiger partial charge on any atom is -0.371 e. The van der Waals surface area contributed by atoms with Gasteiger partial charge in [0.25, 0.3) is 0 Å². The Morgan fingerprint density at radius 1 is 1.03 bits per heavy atom. The van der Waals surface area contributed by atoms with Gasteiger partial charge < -0.3 is 9.80 Å². The highest BCUT2D eigenvalue weighted by atomic mass is 32.2. The van der Waals surface area contributed by atoms with Crippen LogP contribution in [0.3, 0.4) is 0 Å². The largest absolute Gasteiger partial charge is 0.416 e. The Morgan fingerprint density at radius 2 is 1.71 bits per heavy atom. The van der Waals surface area contributed by atoms with E-state index < -0.39 is 21.8 Å². The molecule has 9 nitrogen and oxygen atoms in total. The number of alkyl halides is 3. The molecule has 192 valence electrons. The number of hydrogen-bond acceptors (Lipinski definition) is 6. The van der Waals surface area contributed by atoms with Crippen LogP contribution in [-0.4, -0.2) is 79.6 Å². The van der Waals surface area contributed by atoms with E-state index in [0.29, 0.717) is 38.4 Å². The summed E-state index contributed by atoms with van der Waals surface area (Å²) in [6, 6.07) is 5.02. The third-order valence-electron chi connectivity index (χ3n) is 6.22. The maximum absolute atomic E-state index is 13.4. The average Bonchev–Trinajstić information content (AvgIpc) is 3.26. The number of carbonyl (C=O) groups excluding carboxylic acids is 1. The van der Waals surface area contributed by atoms with E-state index in [9.17, 15) is 26.4 Å². The van der Waals surface area contributed by atoms with E-state index >= 15 is 0 Å². The second kappa shape index (κ2) is 10.1. The van der Waals surface area contributed by atoms with E-state index in [-0.39, 0.29) is 11.8 Å². The van der Waals surface area contributed by atoms with Gasteiger partial charge in [0.15, 0.2) is 5.82 Å². The molecule has 1 aromatic carbocycles. The van der Waals surface area contributed by atoms with Crippen LogP contribution >= 0.6 is 0 Å². The average molecular weight is 515 g/mol. The van der Waals surface area contributed by atoms with E-state index in [1.54, 1.807) is 11.0 Å². The fourth-order valence-corrected chi connectivity index (χ4v) is 4.95. The van der Waals surface area contributed by atoms with Crippen molar-refractivity contribution < 1.29 is 26.4 Å². The minimum atomic E-state index is -4.39. The number of piperazine rings is 1. The zero-order valence-electron chi connectivity index (χ0n) is 19.5. The number of benzene rings is 1. The van der Waals surface area contributed by atoms with Crippen LogP contribution in [0.2, 0.25) is 0 Å². The Morgan fingerprint density at radius 3 is 2.34 bits per heavy atom. The van der Waals surface area contributed by atoms with Crippen molar-refractivity contribution in [2.24, 2.45) is 0 Å². The molecular formula is C22H29F3N6O3S. The molecular weight excluding hydrogens is 485 g/mol. The summed E-state index contributed by atoms with van der Waals surface area (Å²) in [4.78, 5) is 18.5. The molecule has 0 saturated carbocycles. The number of nitrogens with zero attached hydrogens (tertiary/aromatic N) is 5. The summed E-state index contributed by atoms with van der Waals surface area (Å²) >= 11 is 0. The Hall–Kier alpha value is -2.80. The topological polar surface area (TPSA) is 90.8 Å². The molecule has 1 aromatic heterocycles. The van der Waals surface area contributed by atoms with Crippen molar-refractivity contribution in [1.82, 2.24) is 19.6 Å². The SMILES string of the molecule is CS(=O)(=O)Nc1ccn(C(=O)N2CCN(Cc3ccc(C(F)(F)F)cc3N3CCCCC3)CC2)n1. The smallest absolute Gasteiger partial charge is 0.371 e. The molecule has 2 fully saturated rings. The van der Waals surface area contributed by atoms with Gasteiger partial charge >= 0.3 is 12.2 Å².